The second-order valence-corrected chi connectivity index (χ2v) is 8.02. The molecule has 0 saturated carbocycles. The molecule has 2 N–H and O–H groups in total. The van der Waals surface area contributed by atoms with Gasteiger partial charge in [0, 0.05) is 42.5 Å². The number of hydrogen-bond donors (Lipinski definition) is 2. The monoisotopic (exact) mass is 506 g/mol. The first-order valence-electron chi connectivity index (χ1n) is 11.3. The Labute approximate surface area is 212 Å². The minimum Gasteiger partial charge on any atom is -0.463 e. The summed E-state index contributed by atoms with van der Waals surface area (Å²) in [5.74, 6) is 0.0145. The molecule has 2 aromatic carbocycles. The van der Waals surface area contributed by atoms with Gasteiger partial charge in [0.2, 0.25) is 5.95 Å². The van der Waals surface area contributed by atoms with Gasteiger partial charge in [-0.25, -0.2) is 14.2 Å². The molecule has 0 unspecified atom stereocenters. The number of nitrogens with zero attached hydrogens (tertiary/aromatic N) is 4. The highest BCUT2D eigenvalue weighted by atomic mass is 35.5. The average Bonchev–Trinajstić information content (AvgIpc) is 3.39. The van der Waals surface area contributed by atoms with Crippen molar-refractivity contribution < 1.29 is 13.9 Å². The van der Waals surface area contributed by atoms with Crippen molar-refractivity contribution in [1.29, 1.82) is 0 Å². The zero-order valence-corrected chi connectivity index (χ0v) is 20.2. The van der Waals surface area contributed by atoms with Crippen LogP contribution in [0.15, 0.2) is 73.2 Å². The second-order valence-electron chi connectivity index (χ2n) is 7.62. The molecule has 0 bridgehead atoms. The van der Waals surface area contributed by atoms with E-state index >= 15 is 0 Å². The van der Waals surface area contributed by atoms with Crippen molar-refractivity contribution in [2.45, 2.75) is 13.5 Å². The molecular formula is C26H24ClFN6O2. The maximum atomic E-state index is 13.5. The summed E-state index contributed by atoms with van der Waals surface area (Å²) in [6, 6.07) is 13.8. The number of ether oxygens (including phenoxy) is 1. The van der Waals surface area contributed by atoms with Crippen LogP contribution in [0.25, 0.3) is 17.2 Å². The van der Waals surface area contributed by atoms with E-state index in [9.17, 15) is 9.18 Å². The Kier molecular flexibility index (Phi) is 8.25. The molecule has 184 valence electrons. The molecule has 0 saturated heterocycles. The van der Waals surface area contributed by atoms with Gasteiger partial charge in [0.25, 0.3) is 0 Å². The summed E-state index contributed by atoms with van der Waals surface area (Å²) in [6.45, 7) is 3.28. The highest BCUT2D eigenvalue weighted by Crippen LogP contribution is 2.29. The second kappa shape index (κ2) is 11.9. The minimum absolute atomic E-state index is 0.00174. The van der Waals surface area contributed by atoms with Crippen LogP contribution in [0, 0.1) is 5.82 Å². The number of nitrogens with one attached hydrogen (secondary N) is 2. The first kappa shape index (κ1) is 24.9. The highest BCUT2D eigenvalue weighted by molar-refractivity contribution is 6.31. The normalized spacial score (nSPS) is 11.0. The van der Waals surface area contributed by atoms with Crippen LogP contribution in [0.4, 0.5) is 21.8 Å². The Morgan fingerprint density at radius 1 is 1.22 bits per heavy atom. The van der Waals surface area contributed by atoms with Gasteiger partial charge in [0.1, 0.15) is 11.6 Å². The van der Waals surface area contributed by atoms with Gasteiger partial charge in [-0.05, 0) is 54.5 Å². The predicted molar refractivity (Wildman–Crippen MR) is 139 cm³/mol. The molecular weight excluding hydrogens is 483 g/mol. The van der Waals surface area contributed by atoms with E-state index in [0.29, 0.717) is 37.1 Å². The molecule has 10 heteroatoms. The molecule has 36 heavy (non-hydrogen) atoms. The number of anilines is 3. The molecule has 0 spiro atoms. The molecule has 0 fully saturated rings. The van der Waals surface area contributed by atoms with E-state index in [-0.39, 0.29) is 5.02 Å². The lowest BCUT2D eigenvalue weighted by atomic mass is 10.0. The summed E-state index contributed by atoms with van der Waals surface area (Å²) in [5, 5.41) is 10.6. The number of aromatic nitrogens is 4. The summed E-state index contributed by atoms with van der Waals surface area (Å²) >= 11 is 5.90. The number of hydrogen-bond acceptors (Lipinski definition) is 7. The van der Waals surface area contributed by atoms with Gasteiger partial charge < -0.3 is 15.4 Å². The highest BCUT2D eigenvalue weighted by Gasteiger charge is 2.11. The van der Waals surface area contributed by atoms with Crippen LogP contribution in [0.2, 0.25) is 5.02 Å². The fraction of sp³-hybridized carbons (Fsp3) is 0.154. The van der Waals surface area contributed by atoms with Gasteiger partial charge in [-0.2, -0.15) is 10.1 Å². The van der Waals surface area contributed by atoms with Gasteiger partial charge in [0.05, 0.1) is 18.2 Å². The molecule has 0 aliphatic carbocycles. The number of halogens is 2. The Morgan fingerprint density at radius 2 is 2.11 bits per heavy atom. The van der Waals surface area contributed by atoms with Crippen LogP contribution < -0.4 is 10.6 Å². The molecule has 2 heterocycles. The van der Waals surface area contributed by atoms with Crippen molar-refractivity contribution in [3.8, 4) is 11.1 Å². The van der Waals surface area contributed by atoms with Crippen LogP contribution in [-0.2, 0) is 16.1 Å². The average molecular weight is 507 g/mol. The van der Waals surface area contributed by atoms with E-state index < -0.39 is 11.8 Å². The number of rotatable bonds is 10. The topological polar surface area (TPSA) is 94.0 Å². The van der Waals surface area contributed by atoms with Crippen LogP contribution in [0.3, 0.4) is 0 Å². The van der Waals surface area contributed by atoms with E-state index in [1.54, 1.807) is 31.5 Å². The summed E-state index contributed by atoms with van der Waals surface area (Å²) in [5.41, 5.74) is 3.01. The number of carbonyl (C=O) groups is 1. The van der Waals surface area contributed by atoms with Crippen LogP contribution >= 0.6 is 11.6 Å². The summed E-state index contributed by atoms with van der Waals surface area (Å²) < 4.78 is 20.3. The van der Waals surface area contributed by atoms with Crippen LogP contribution in [0.5, 0.6) is 0 Å². The quantitative estimate of drug-likeness (QED) is 0.215. The van der Waals surface area contributed by atoms with Gasteiger partial charge in [-0.15, -0.1) is 0 Å². The van der Waals surface area contributed by atoms with Gasteiger partial charge in [0.15, 0.2) is 0 Å². The largest absolute Gasteiger partial charge is 0.463 e. The SMILES string of the molecule is CCOC(=O)C=Cc1cccc(-c2cnc(Nc3ccc(F)c(Cl)c3)nc2NCCn2cccn2)c1. The molecule has 0 aliphatic rings. The molecule has 0 atom stereocenters. The number of carbonyl (C=O) groups excluding carboxylic acids is 1. The van der Waals surface area contributed by atoms with Crippen molar-refractivity contribution in [3.05, 3.63) is 89.6 Å². The summed E-state index contributed by atoms with van der Waals surface area (Å²) in [7, 11) is 0. The van der Waals surface area contributed by atoms with E-state index in [1.165, 1.54) is 18.2 Å². The van der Waals surface area contributed by atoms with Crippen molar-refractivity contribution in [3.63, 3.8) is 0 Å². The first-order chi connectivity index (χ1) is 17.5. The van der Waals surface area contributed by atoms with Gasteiger partial charge >= 0.3 is 5.97 Å². The molecule has 2 aromatic heterocycles. The van der Waals surface area contributed by atoms with E-state index in [1.807, 2.05) is 41.2 Å². The first-order valence-corrected chi connectivity index (χ1v) is 11.7. The Morgan fingerprint density at radius 3 is 2.89 bits per heavy atom. The predicted octanol–water partition coefficient (Wildman–Crippen LogP) is 5.56. The lowest BCUT2D eigenvalue weighted by Gasteiger charge is -2.14. The fourth-order valence-electron chi connectivity index (χ4n) is 3.38. The third-order valence-corrected chi connectivity index (χ3v) is 5.34. The summed E-state index contributed by atoms with van der Waals surface area (Å²) in [4.78, 5) is 20.8. The van der Waals surface area contributed by atoms with Crippen LogP contribution in [0.1, 0.15) is 12.5 Å². The molecule has 0 radical (unpaired) electrons. The molecule has 0 aliphatic heterocycles. The fourth-order valence-corrected chi connectivity index (χ4v) is 3.56. The van der Waals surface area contributed by atoms with Crippen molar-refractivity contribution in [2.24, 2.45) is 0 Å². The van der Waals surface area contributed by atoms with E-state index in [4.69, 9.17) is 16.3 Å². The van der Waals surface area contributed by atoms with Crippen molar-refractivity contribution in [1.82, 2.24) is 19.7 Å². The Hall–Kier alpha value is -4.24. The lowest BCUT2D eigenvalue weighted by molar-refractivity contribution is -0.137. The van der Waals surface area contributed by atoms with E-state index in [2.05, 4.69) is 25.7 Å². The lowest BCUT2D eigenvalue weighted by Crippen LogP contribution is -2.13. The van der Waals surface area contributed by atoms with Crippen molar-refractivity contribution in [2.75, 3.05) is 23.8 Å². The molecule has 4 aromatic rings. The zero-order valence-electron chi connectivity index (χ0n) is 19.5. The smallest absolute Gasteiger partial charge is 0.330 e. The summed E-state index contributed by atoms with van der Waals surface area (Å²) in [6.07, 6.45) is 8.39. The molecule has 0 amide bonds. The Balaban J connectivity index is 1.61. The Bertz CT molecular complexity index is 1360. The zero-order chi connectivity index (χ0) is 25.3. The third-order valence-electron chi connectivity index (χ3n) is 5.05. The van der Waals surface area contributed by atoms with Gasteiger partial charge in [-0.1, -0.05) is 29.8 Å². The maximum Gasteiger partial charge on any atom is 0.330 e. The van der Waals surface area contributed by atoms with Crippen LogP contribution in [-0.4, -0.2) is 38.9 Å². The van der Waals surface area contributed by atoms with Gasteiger partial charge in [-0.3, -0.25) is 4.68 Å². The number of esters is 1. The van der Waals surface area contributed by atoms with E-state index in [0.717, 1.165) is 16.7 Å². The standard InChI is InChI=1S/C26H24ClFN6O2/c1-2-36-24(35)10-7-18-5-3-6-19(15-18)21-17-30-26(32-20-8-9-23(28)22(27)16-20)33-25(21)29-12-14-34-13-4-11-31-34/h3-11,13,15-17H,2,12,14H2,1H3,(H2,29,30,32,33). The number of benzene rings is 2. The third kappa shape index (κ3) is 6.67. The maximum absolute atomic E-state index is 13.5. The minimum atomic E-state index is -0.503. The van der Waals surface area contributed by atoms with Crippen molar-refractivity contribution >= 4 is 41.1 Å². The molecule has 4 rings (SSSR count). The molecule has 8 nitrogen and oxygen atoms in total.